The number of halogens is 2. The first-order valence-corrected chi connectivity index (χ1v) is 8.52. The third-order valence-corrected chi connectivity index (χ3v) is 3.97. The van der Waals surface area contributed by atoms with Crippen LogP contribution in [0.4, 0.5) is 4.39 Å². The monoisotopic (exact) mass is 337 g/mol. The lowest BCUT2D eigenvalue weighted by atomic mass is 10.1. The van der Waals surface area contributed by atoms with E-state index in [1.54, 1.807) is 12.1 Å². The summed E-state index contributed by atoms with van der Waals surface area (Å²) in [4.78, 5) is 0. The van der Waals surface area contributed by atoms with Gasteiger partial charge in [-0.15, -0.1) is 0 Å². The van der Waals surface area contributed by atoms with Gasteiger partial charge in [0.2, 0.25) is 0 Å². The number of benzene rings is 1. The molecular formula is C12H17BrFNO2S. The first-order valence-electron chi connectivity index (χ1n) is 5.67. The van der Waals surface area contributed by atoms with Crippen molar-refractivity contribution in [2.75, 3.05) is 18.6 Å². The van der Waals surface area contributed by atoms with Gasteiger partial charge in [0.05, 0.1) is 5.75 Å². The number of hydrogen-bond acceptors (Lipinski definition) is 3. The van der Waals surface area contributed by atoms with E-state index in [-0.39, 0.29) is 17.6 Å². The van der Waals surface area contributed by atoms with Gasteiger partial charge in [-0.2, -0.15) is 0 Å². The van der Waals surface area contributed by atoms with Crippen LogP contribution in [0.15, 0.2) is 22.7 Å². The molecule has 0 fully saturated rings. The molecular weight excluding hydrogens is 321 g/mol. The van der Waals surface area contributed by atoms with Crippen molar-refractivity contribution in [3.8, 4) is 0 Å². The highest BCUT2D eigenvalue weighted by atomic mass is 79.9. The molecule has 1 aromatic rings. The van der Waals surface area contributed by atoms with E-state index in [4.69, 9.17) is 0 Å². The van der Waals surface area contributed by atoms with Crippen molar-refractivity contribution >= 4 is 25.8 Å². The van der Waals surface area contributed by atoms with E-state index in [2.05, 4.69) is 21.2 Å². The molecule has 0 aromatic heterocycles. The molecule has 1 N–H and O–H groups in total. The average Bonchev–Trinajstić information content (AvgIpc) is 2.21. The molecule has 1 atom stereocenters. The SMILES string of the molecule is CCNC(Cc1cc(Br)ccc1F)CS(C)(=O)=O. The highest BCUT2D eigenvalue weighted by molar-refractivity contribution is 9.10. The van der Waals surface area contributed by atoms with E-state index in [0.29, 0.717) is 18.5 Å². The van der Waals surface area contributed by atoms with Crippen LogP contribution in [0.3, 0.4) is 0 Å². The zero-order valence-electron chi connectivity index (χ0n) is 10.4. The van der Waals surface area contributed by atoms with Crippen molar-refractivity contribution in [3.05, 3.63) is 34.1 Å². The van der Waals surface area contributed by atoms with Crippen LogP contribution in [0.5, 0.6) is 0 Å². The smallest absolute Gasteiger partial charge is 0.148 e. The minimum Gasteiger partial charge on any atom is -0.313 e. The maximum Gasteiger partial charge on any atom is 0.148 e. The molecule has 0 spiro atoms. The van der Waals surface area contributed by atoms with Gasteiger partial charge in [-0.3, -0.25) is 0 Å². The normalized spacial score (nSPS) is 13.6. The van der Waals surface area contributed by atoms with Gasteiger partial charge in [-0.25, -0.2) is 12.8 Å². The summed E-state index contributed by atoms with van der Waals surface area (Å²) in [5.74, 6) is -0.304. The molecule has 6 heteroatoms. The molecule has 0 amide bonds. The Bertz CT molecular complexity index is 505. The second-order valence-electron chi connectivity index (χ2n) is 4.29. The van der Waals surface area contributed by atoms with Gasteiger partial charge in [-0.05, 0) is 36.7 Å². The van der Waals surface area contributed by atoms with E-state index >= 15 is 0 Å². The van der Waals surface area contributed by atoms with Gasteiger partial charge in [0.15, 0.2) is 0 Å². The predicted octanol–water partition coefficient (Wildman–Crippen LogP) is 2.15. The van der Waals surface area contributed by atoms with Crippen LogP contribution in [0, 0.1) is 5.82 Å². The van der Waals surface area contributed by atoms with E-state index in [9.17, 15) is 12.8 Å². The Morgan fingerprint density at radius 1 is 1.44 bits per heavy atom. The molecule has 0 radical (unpaired) electrons. The van der Waals surface area contributed by atoms with Crippen LogP contribution < -0.4 is 5.32 Å². The third kappa shape index (κ3) is 5.46. The van der Waals surface area contributed by atoms with Crippen molar-refractivity contribution in [3.63, 3.8) is 0 Å². The highest BCUT2D eigenvalue weighted by Crippen LogP contribution is 2.17. The molecule has 18 heavy (non-hydrogen) atoms. The summed E-state index contributed by atoms with van der Waals surface area (Å²) in [6.07, 6.45) is 1.54. The van der Waals surface area contributed by atoms with Crippen molar-refractivity contribution in [2.24, 2.45) is 0 Å². The minimum absolute atomic E-state index is 0.00674. The molecule has 0 aliphatic rings. The Morgan fingerprint density at radius 3 is 2.67 bits per heavy atom. The molecule has 0 saturated carbocycles. The molecule has 102 valence electrons. The number of rotatable bonds is 6. The molecule has 0 aliphatic heterocycles. The lowest BCUT2D eigenvalue weighted by molar-refractivity contribution is 0.528. The molecule has 0 saturated heterocycles. The van der Waals surface area contributed by atoms with E-state index < -0.39 is 9.84 Å². The first-order chi connectivity index (χ1) is 8.31. The summed E-state index contributed by atoms with van der Waals surface area (Å²) in [6.45, 7) is 2.54. The summed E-state index contributed by atoms with van der Waals surface area (Å²) >= 11 is 3.28. The fourth-order valence-electron chi connectivity index (χ4n) is 1.81. The topological polar surface area (TPSA) is 46.2 Å². The maximum absolute atomic E-state index is 13.6. The number of sulfone groups is 1. The molecule has 3 nitrogen and oxygen atoms in total. The quantitative estimate of drug-likeness (QED) is 0.865. The van der Waals surface area contributed by atoms with Crippen molar-refractivity contribution in [1.82, 2.24) is 5.32 Å². The Hall–Kier alpha value is -0.460. The van der Waals surface area contributed by atoms with Gasteiger partial charge in [0.1, 0.15) is 15.7 Å². The molecule has 1 rings (SSSR count). The average molecular weight is 338 g/mol. The van der Waals surface area contributed by atoms with Crippen LogP contribution >= 0.6 is 15.9 Å². The van der Waals surface area contributed by atoms with Crippen molar-refractivity contribution in [2.45, 2.75) is 19.4 Å². The van der Waals surface area contributed by atoms with Crippen LogP contribution in [0.25, 0.3) is 0 Å². The first kappa shape index (κ1) is 15.6. The predicted molar refractivity (Wildman–Crippen MR) is 75.0 cm³/mol. The number of nitrogens with one attached hydrogen (secondary N) is 1. The largest absolute Gasteiger partial charge is 0.313 e. The molecule has 0 heterocycles. The summed E-state index contributed by atoms with van der Waals surface area (Å²) in [7, 11) is -3.09. The van der Waals surface area contributed by atoms with Crippen LogP contribution in [0.1, 0.15) is 12.5 Å². The number of likely N-dealkylation sites (N-methyl/N-ethyl adjacent to an activating group) is 1. The van der Waals surface area contributed by atoms with Gasteiger partial charge in [0.25, 0.3) is 0 Å². The fraction of sp³-hybridized carbons (Fsp3) is 0.500. The van der Waals surface area contributed by atoms with Crippen LogP contribution in [-0.2, 0) is 16.3 Å². The minimum atomic E-state index is -3.09. The van der Waals surface area contributed by atoms with Gasteiger partial charge in [-0.1, -0.05) is 22.9 Å². The Kier molecular flexibility index (Phi) is 5.75. The van der Waals surface area contributed by atoms with Crippen molar-refractivity contribution in [1.29, 1.82) is 0 Å². The summed E-state index contributed by atoms with van der Waals surface area (Å²) < 4.78 is 37.0. The summed E-state index contributed by atoms with van der Waals surface area (Å²) in [5.41, 5.74) is 0.513. The van der Waals surface area contributed by atoms with E-state index in [1.165, 1.54) is 12.3 Å². The second kappa shape index (κ2) is 6.63. The zero-order valence-corrected chi connectivity index (χ0v) is 12.8. The van der Waals surface area contributed by atoms with Gasteiger partial charge in [0, 0.05) is 16.8 Å². The third-order valence-electron chi connectivity index (χ3n) is 2.47. The van der Waals surface area contributed by atoms with Crippen molar-refractivity contribution < 1.29 is 12.8 Å². The lowest BCUT2D eigenvalue weighted by Crippen LogP contribution is -2.37. The fourth-order valence-corrected chi connectivity index (χ4v) is 3.18. The Balaban J connectivity index is 2.85. The highest BCUT2D eigenvalue weighted by Gasteiger charge is 2.16. The van der Waals surface area contributed by atoms with Gasteiger partial charge >= 0.3 is 0 Å². The van der Waals surface area contributed by atoms with Gasteiger partial charge < -0.3 is 5.32 Å². The molecule has 0 aliphatic carbocycles. The van der Waals surface area contributed by atoms with Crippen LogP contribution in [-0.4, -0.2) is 33.0 Å². The second-order valence-corrected chi connectivity index (χ2v) is 7.39. The molecule has 1 aromatic carbocycles. The molecule has 1 unspecified atom stereocenters. The summed E-state index contributed by atoms with van der Waals surface area (Å²) in [6, 6.07) is 4.41. The standard InChI is InChI=1S/C12H17BrFNO2S/c1-3-15-11(8-18(2,16)17)7-9-6-10(13)4-5-12(9)14/h4-6,11,15H,3,7-8H2,1-2H3. The van der Waals surface area contributed by atoms with Crippen LogP contribution in [0.2, 0.25) is 0 Å². The summed E-state index contributed by atoms with van der Waals surface area (Å²) in [5, 5.41) is 3.07. The van der Waals surface area contributed by atoms with E-state index in [1.807, 2.05) is 6.92 Å². The zero-order chi connectivity index (χ0) is 13.8. The maximum atomic E-state index is 13.6. The number of hydrogen-bond donors (Lipinski definition) is 1. The van der Waals surface area contributed by atoms with E-state index in [0.717, 1.165) is 4.47 Å². The lowest BCUT2D eigenvalue weighted by Gasteiger charge is -2.17. The Labute approximate surface area is 116 Å². The molecule has 0 bridgehead atoms. The Morgan fingerprint density at radius 2 is 2.11 bits per heavy atom.